The van der Waals surface area contributed by atoms with Gasteiger partial charge in [-0.05, 0) is 57.0 Å². The second kappa shape index (κ2) is 4.75. The van der Waals surface area contributed by atoms with Crippen LogP contribution in [0.1, 0.15) is 22.3 Å². The molecular weight excluding hydrogens is 335 g/mol. The zero-order valence-corrected chi connectivity index (χ0v) is 14.6. The molecule has 0 nitrogen and oxygen atoms in total. The molecule has 3 aromatic rings. The second-order valence-electron chi connectivity index (χ2n) is 6.51. The van der Waals surface area contributed by atoms with Gasteiger partial charge in [0, 0.05) is 21.2 Å². The number of halogens is 2. The molecule has 0 spiro atoms. The Morgan fingerprint density at radius 1 is 0.667 bits per heavy atom. The van der Waals surface area contributed by atoms with E-state index in [0.717, 1.165) is 35.1 Å². The molecule has 0 radical (unpaired) electrons. The van der Waals surface area contributed by atoms with Crippen molar-refractivity contribution < 1.29 is 0 Å². The molecule has 0 bridgehead atoms. The summed E-state index contributed by atoms with van der Waals surface area (Å²) in [5, 5.41) is 3.86. The lowest BCUT2D eigenvalue weighted by atomic mass is 9.93. The molecule has 0 saturated carbocycles. The Labute approximate surface area is 151 Å². The Morgan fingerprint density at radius 2 is 1.12 bits per heavy atom. The van der Waals surface area contributed by atoms with E-state index in [9.17, 15) is 0 Å². The average Bonchev–Trinajstić information content (AvgIpc) is 3.11. The van der Waals surface area contributed by atoms with Crippen LogP contribution in [-0.4, -0.2) is 0 Å². The third kappa shape index (κ3) is 1.65. The summed E-state index contributed by atoms with van der Waals surface area (Å²) >= 11 is 12.6. The fourth-order valence-electron chi connectivity index (χ4n) is 4.36. The molecule has 3 aromatic carbocycles. The van der Waals surface area contributed by atoms with E-state index in [1.807, 2.05) is 12.1 Å². The molecule has 0 amide bonds. The maximum Gasteiger partial charge on any atom is 0.0413 e. The first-order valence-corrected chi connectivity index (χ1v) is 8.78. The molecule has 2 heteroatoms. The molecule has 116 valence electrons. The van der Waals surface area contributed by atoms with Gasteiger partial charge in [0.15, 0.2) is 0 Å². The van der Waals surface area contributed by atoms with Gasteiger partial charge >= 0.3 is 0 Å². The summed E-state index contributed by atoms with van der Waals surface area (Å²) < 4.78 is 0. The predicted octanol–water partition coefficient (Wildman–Crippen LogP) is 7.00. The molecule has 0 N–H and O–H groups in total. The summed E-state index contributed by atoms with van der Waals surface area (Å²) in [4.78, 5) is 0. The molecule has 0 saturated heterocycles. The van der Waals surface area contributed by atoms with Gasteiger partial charge in [0.25, 0.3) is 0 Å². The number of hydrogen-bond donors (Lipinski definition) is 0. The number of fused-ring (bicyclic) bond motifs is 3. The minimum absolute atomic E-state index is 0.554. The summed E-state index contributed by atoms with van der Waals surface area (Å²) in [7, 11) is 0. The van der Waals surface area contributed by atoms with Crippen molar-refractivity contribution >= 4 is 44.0 Å². The van der Waals surface area contributed by atoms with Crippen molar-refractivity contribution in [3.8, 4) is 22.3 Å². The molecule has 2 aliphatic carbocycles. The number of aryl methyl sites for hydroxylation is 2. The van der Waals surface area contributed by atoms with E-state index in [2.05, 4.69) is 37.4 Å². The molecule has 0 heterocycles. The monoisotopic (exact) mass is 348 g/mol. The van der Waals surface area contributed by atoms with Crippen LogP contribution in [0.5, 0.6) is 0 Å². The van der Waals surface area contributed by atoms with Gasteiger partial charge in [0.2, 0.25) is 0 Å². The molecule has 5 rings (SSSR count). The molecule has 0 unspecified atom stereocenters. The van der Waals surface area contributed by atoms with Crippen molar-refractivity contribution in [3.05, 3.63) is 71.8 Å². The topological polar surface area (TPSA) is 0 Å². The number of hydrogen-bond acceptors (Lipinski definition) is 0. The van der Waals surface area contributed by atoms with Crippen LogP contribution in [0.15, 0.2) is 49.6 Å². The third-order valence-corrected chi connectivity index (χ3v) is 5.73. The van der Waals surface area contributed by atoms with E-state index in [1.54, 1.807) is 0 Å². The smallest absolute Gasteiger partial charge is 0.0413 e. The highest BCUT2D eigenvalue weighted by Gasteiger charge is 2.30. The molecule has 0 atom stereocenters. The van der Waals surface area contributed by atoms with Crippen molar-refractivity contribution in [2.45, 2.75) is 12.8 Å². The van der Waals surface area contributed by atoms with Gasteiger partial charge in [-0.1, -0.05) is 72.8 Å². The Bertz CT molecular complexity index is 1020. The summed E-state index contributed by atoms with van der Waals surface area (Å²) in [6.07, 6.45) is 2.24. The van der Waals surface area contributed by atoms with E-state index in [-0.39, 0.29) is 0 Å². The van der Waals surface area contributed by atoms with Crippen LogP contribution in [0.2, 0.25) is 0 Å². The van der Waals surface area contributed by atoms with Crippen molar-refractivity contribution in [1.82, 2.24) is 0 Å². The van der Waals surface area contributed by atoms with Gasteiger partial charge in [-0.15, -0.1) is 0 Å². The molecule has 0 fully saturated rings. The van der Waals surface area contributed by atoms with E-state index in [0.29, 0.717) is 10.1 Å². The fourth-order valence-corrected chi connectivity index (χ4v) is 4.67. The Balaban J connectivity index is 2.03. The van der Waals surface area contributed by atoms with E-state index < -0.39 is 0 Å². The van der Waals surface area contributed by atoms with Crippen molar-refractivity contribution in [2.24, 2.45) is 0 Å². The van der Waals surface area contributed by atoms with Crippen LogP contribution in [0, 0.1) is 0 Å². The summed E-state index contributed by atoms with van der Waals surface area (Å²) in [5.74, 6) is 0. The minimum Gasteiger partial charge on any atom is -0.0843 e. The predicted molar refractivity (Wildman–Crippen MR) is 106 cm³/mol. The Hall–Kier alpha value is -2.02. The third-order valence-electron chi connectivity index (χ3n) is 5.33. The molecule has 24 heavy (non-hydrogen) atoms. The van der Waals surface area contributed by atoms with Crippen LogP contribution < -0.4 is 0 Å². The van der Waals surface area contributed by atoms with Gasteiger partial charge in [-0.25, -0.2) is 0 Å². The minimum atomic E-state index is 0.554. The number of benzene rings is 3. The maximum absolute atomic E-state index is 6.32. The molecule has 2 aliphatic rings. The normalized spacial score (nSPS) is 13.4. The van der Waals surface area contributed by atoms with Crippen LogP contribution in [0.3, 0.4) is 0 Å². The van der Waals surface area contributed by atoms with Crippen molar-refractivity contribution in [1.29, 1.82) is 0 Å². The average molecular weight is 349 g/mol. The van der Waals surface area contributed by atoms with Crippen LogP contribution in [0.4, 0.5) is 0 Å². The largest absolute Gasteiger partial charge is 0.0843 e. The van der Waals surface area contributed by atoms with E-state index in [1.165, 1.54) is 33.0 Å². The summed E-state index contributed by atoms with van der Waals surface area (Å²) in [6, 6.07) is 13.0. The molecule has 0 aromatic heterocycles. The van der Waals surface area contributed by atoms with Gasteiger partial charge in [-0.2, -0.15) is 0 Å². The lowest BCUT2D eigenvalue weighted by Crippen LogP contribution is -1.90. The summed E-state index contributed by atoms with van der Waals surface area (Å²) in [6.45, 7) is 7.92. The molecule has 0 aliphatic heterocycles. The maximum atomic E-state index is 6.32. The van der Waals surface area contributed by atoms with E-state index >= 15 is 0 Å². The van der Waals surface area contributed by atoms with Gasteiger partial charge in [0.1, 0.15) is 0 Å². The lowest BCUT2D eigenvalue weighted by molar-refractivity contribution is 1.02. The SMILES string of the molecule is C=C(Cl)c1ccc(C(=C)Cl)c2c1-c1ccc3c4c(ccc-2c14)CC3. The quantitative estimate of drug-likeness (QED) is 0.365. The zero-order valence-electron chi connectivity index (χ0n) is 13.0. The highest BCUT2D eigenvalue weighted by molar-refractivity contribution is 6.50. The summed E-state index contributed by atoms with van der Waals surface area (Å²) in [5.41, 5.74) is 9.57. The Kier molecular flexibility index (Phi) is 2.84. The highest BCUT2D eigenvalue weighted by atomic mass is 35.5. The molecular formula is C22H14Cl2. The van der Waals surface area contributed by atoms with Crippen molar-refractivity contribution in [3.63, 3.8) is 0 Å². The van der Waals surface area contributed by atoms with Gasteiger partial charge in [0.05, 0.1) is 0 Å². The van der Waals surface area contributed by atoms with Gasteiger partial charge in [-0.3, -0.25) is 0 Å². The fraction of sp³-hybridized carbons (Fsp3) is 0.0909. The van der Waals surface area contributed by atoms with Gasteiger partial charge < -0.3 is 0 Å². The highest BCUT2D eigenvalue weighted by Crippen LogP contribution is 2.54. The second-order valence-corrected chi connectivity index (χ2v) is 7.43. The standard InChI is InChI=1S/C22H14Cl2/c1-11(23)15-9-10-16(12(2)24)21-18-8-6-14-4-3-13-5-7-17(20(15)21)22(18)19(13)14/h5-10H,1-4H2. The number of rotatable bonds is 2. The Morgan fingerprint density at radius 3 is 1.54 bits per heavy atom. The van der Waals surface area contributed by atoms with E-state index in [4.69, 9.17) is 23.2 Å². The first-order valence-electron chi connectivity index (χ1n) is 8.02. The lowest BCUT2D eigenvalue weighted by Gasteiger charge is -2.13. The van der Waals surface area contributed by atoms with Crippen molar-refractivity contribution in [2.75, 3.05) is 0 Å². The first kappa shape index (κ1) is 14.3. The van der Waals surface area contributed by atoms with Crippen LogP contribution in [-0.2, 0) is 12.8 Å². The zero-order chi connectivity index (χ0) is 16.6. The van der Waals surface area contributed by atoms with Crippen LogP contribution >= 0.6 is 23.2 Å². The van der Waals surface area contributed by atoms with Crippen LogP contribution in [0.25, 0.3) is 43.1 Å². The first-order chi connectivity index (χ1) is 11.6.